The molecule has 0 bridgehead atoms. The summed E-state index contributed by atoms with van der Waals surface area (Å²) in [5.41, 5.74) is 1.07. The molecule has 0 aliphatic heterocycles. The number of carbonyl (C=O) groups is 1. The van der Waals surface area contributed by atoms with Crippen LogP contribution in [0.3, 0.4) is 0 Å². The fourth-order valence-electron chi connectivity index (χ4n) is 1.42. The summed E-state index contributed by atoms with van der Waals surface area (Å²) in [6, 6.07) is 2.11. The highest BCUT2D eigenvalue weighted by molar-refractivity contribution is 7.14. The standard InChI is InChI=1S/C12H17NO2S/c1-4-5-8(2)13-7-10-6-11(12(14)15)16-9(10)3/h4,6,8,13H,1,5,7H2,2-3H3,(H,14,15). The van der Waals surface area contributed by atoms with Gasteiger partial charge in [-0.2, -0.15) is 0 Å². The fourth-order valence-corrected chi connectivity index (χ4v) is 2.30. The summed E-state index contributed by atoms with van der Waals surface area (Å²) < 4.78 is 0. The van der Waals surface area contributed by atoms with E-state index in [1.54, 1.807) is 6.07 Å². The van der Waals surface area contributed by atoms with E-state index in [0.29, 0.717) is 17.5 Å². The van der Waals surface area contributed by atoms with E-state index >= 15 is 0 Å². The molecule has 0 aliphatic rings. The van der Waals surface area contributed by atoms with Gasteiger partial charge in [-0.1, -0.05) is 6.08 Å². The molecule has 1 atom stereocenters. The largest absolute Gasteiger partial charge is 0.477 e. The Labute approximate surface area is 99.8 Å². The molecule has 1 unspecified atom stereocenters. The lowest BCUT2D eigenvalue weighted by molar-refractivity contribution is 0.0702. The normalized spacial score (nSPS) is 12.4. The summed E-state index contributed by atoms with van der Waals surface area (Å²) in [7, 11) is 0. The minimum absolute atomic E-state index is 0.366. The van der Waals surface area contributed by atoms with Crippen LogP contribution >= 0.6 is 11.3 Å². The van der Waals surface area contributed by atoms with Gasteiger partial charge >= 0.3 is 5.97 Å². The molecular weight excluding hydrogens is 222 g/mol. The summed E-state index contributed by atoms with van der Waals surface area (Å²) in [6.07, 6.45) is 2.79. The third-order valence-electron chi connectivity index (χ3n) is 2.39. The molecule has 0 saturated heterocycles. The van der Waals surface area contributed by atoms with Gasteiger partial charge in [0.1, 0.15) is 4.88 Å². The van der Waals surface area contributed by atoms with E-state index in [9.17, 15) is 4.79 Å². The number of carboxylic acids is 1. The zero-order chi connectivity index (χ0) is 12.1. The van der Waals surface area contributed by atoms with E-state index in [-0.39, 0.29) is 0 Å². The Morgan fingerprint density at radius 3 is 2.94 bits per heavy atom. The van der Waals surface area contributed by atoms with Crippen molar-refractivity contribution < 1.29 is 9.90 Å². The van der Waals surface area contributed by atoms with E-state index < -0.39 is 5.97 Å². The highest BCUT2D eigenvalue weighted by Gasteiger charge is 2.11. The van der Waals surface area contributed by atoms with Crippen LogP contribution in [0.4, 0.5) is 0 Å². The van der Waals surface area contributed by atoms with Crippen molar-refractivity contribution in [3.63, 3.8) is 0 Å². The lowest BCUT2D eigenvalue weighted by atomic mass is 10.2. The second-order valence-electron chi connectivity index (χ2n) is 3.80. The van der Waals surface area contributed by atoms with E-state index in [4.69, 9.17) is 5.11 Å². The number of aryl methyl sites for hydroxylation is 1. The second kappa shape index (κ2) is 5.82. The van der Waals surface area contributed by atoms with Crippen LogP contribution in [0.2, 0.25) is 0 Å². The molecular formula is C12H17NO2S. The third kappa shape index (κ3) is 3.47. The van der Waals surface area contributed by atoms with Crippen LogP contribution in [0.1, 0.15) is 33.5 Å². The minimum atomic E-state index is -0.849. The van der Waals surface area contributed by atoms with Gasteiger partial charge in [-0.05, 0) is 31.9 Å². The lowest BCUT2D eigenvalue weighted by Crippen LogP contribution is -2.24. The first-order valence-electron chi connectivity index (χ1n) is 5.21. The van der Waals surface area contributed by atoms with Crippen LogP contribution in [0.25, 0.3) is 0 Å². The summed E-state index contributed by atoms with van der Waals surface area (Å²) >= 11 is 1.33. The zero-order valence-electron chi connectivity index (χ0n) is 9.62. The highest BCUT2D eigenvalue weighted by atomic mass is 32.1. The van der Waals surface area contributed by atoms with Gasteiger partial charge < -0.3 is 10.4 Å². The Hall–Kier alpha value is -1.13. The number of hydrogen-bond donors (Lipinski definition) is 2. The first-order chi connectivity index (χ1) is 7.54. The molecule has 3 nitrogen and oxygen atoms in total. The topological polar surface area (TPSA) is 49.3 Å². The molecule has 0 fully saturated rings. The summed E-state index contributed by atoms with van der Waals surface area (Å²) in [6.45, 7) is 8.43. The van der Waals surface area contributed by atoms with Crippen LogP contribution in [-0.2, 0) is 6.54 Å². The van der Waals surface area contributed by atoms with Crippen molar-refractivity contribution in [3.8, 4) is 0 Å². The molecule has 2 N–H and O–H groups in total. The van der Waals surface area contributed by atoms with Crippen molar-refractivity contribution in [2.24, 2.45) is 0 Å². The predicted molar refractivity (Wildman–Crippen MR) is 67.1 cm³/mol. The van der Waals surface area contributed by atoms with Crippen LogP contribution in [-0.4, -0.2) is 17.1 Å². The number of thiophene rings is 1. The maximum atomic E-state index is 10.8. The van der Waals surface area contributed by atoms with E-state index in [0.717, 1.165) is 16.9 Å². The fraction of sp³-hybridized carbons (Fsp3) is 0.417. The van der Waals surface area contributed by atoms with Gasteiger partial charge in [0, 0.05) is 17.5 Å². The molecule has 4 heteroatoms. The molecule has 1 heterocycles. The maximum absolute atomic E-state index is 10.8. The molecule has 0 saturated carbocycles. The minimum Gasteiger partial charge on any atom is -0.477 e. The van der Waals surface area contributed by atoms with Gasteiger partial charge in [0.05, 0.1) is 0 Å². The molecule has 0 amide bonds. The van der Waals surface area contributed by atoms with Crippen molar-refractivity contribution in [2.75, 3.05) is 0 Å². The molecule has 1 rings (SSSR count). The smallest absolute Gasteiger partial charge is 0.345 e. The van der Waals surface area contributed by atoms with Gasteiger partial charge in [-0.25, -0.2) is 4.79 Å². The monoisotopic (exact) mass is 239 g/mol. The number of carboxylic acid groups (broad SMARTS) is 1. The highest BCUT2D eigenvalue weighted by Crippen LogP contribution is 2.21. The van der Waals surface area contributed by atoms with Gasteiger partial charge in [-0.3, -0.25) is 0 Å². The Morgan fingerprint density at radius 1 is 1.75 bits per heavy atom. The molecule has 0 spiro atoms. The van der Waals surface area contributed by atoms with Gasteiger partial charge in [-0.15, -0.1) is 17.9 Å². The van der Waals surface area contributed by atoms with E-state index in [2.05, 4.69) is 18.8 Å². The van der Waals surface area contributed by atoms with Crippen molar-refractivity contribution in [3.05, 3.63) is 34.0 Å². The molecule has 16 heavy (non-hydrogen) atoms. The van der Waals surface area contributed by atoms with E-state index in [1.165, 1.54) is 11.3 Å². The first kappa shape index (κ1) is 12.9. The van der Waals surface area contributed by atoms with Crippen LogP contribution in [0.15, 0.2) is 18.7 Å². The molecule has 0 aliphatic carbocycles. The number of hydrogen-bond acceptors (Lipinski definition) is 3. The average Bonchev–Trinajstić information content (AvgIpc) is 2.58. The summed E-state index contributed by atoms with van der Waals surface area (Å²) in [4.78, 5) is 12.3. The molecule has 0 aromatic carbocycles. The molecule has 0 radical (unpaired) electrons. The summed E-state index contributed by atoms with van der Waals surface area (Å²) in [5.74, 6) is -0.849. The van der Waals surface area contributed by atoms with Crippen molar-refractivity contribution >= 4 is 17.3 Å². The van der Waals surface area contributed by atoms with Gasteiger partial charge in [0.15, 0.2) is 0 Å². The third-order valence-corrected chi connectivity index (χ3v) is 3.47. The maximum Gasteiger partial charge on any atom is 0.345 e. The second-order valence-corrected chi connectivity index (χ2v) is 5.06. The van der Waals surface area contributed by atoms with Gasteiger partial charge in [0.25, 0.3) is 0 Å². The number of rotatable bonds is 6. The lowest BCUT2D eigenvalue weighted by Gasteiger charge is -2.10. The molecule has 1 aromatic heterocycles. The molecule has 88 valence electrons. The Bertz CT molecular complexity index is 384. The quantitative estimate of drug-likeness (QED) is 0.750. The summed E-state index contributed by atoms with van der Waals surface area (Å²) in [5, 5.41) is 12.2. The first-order valence-corrected chi connectivity index (χ1v) is 6.03. The van der Waals surface area contributed by atoms with Crippen LogP contribution < -0.4 is 5.32 Å². The number of aromatic carboxylic acids is 1. The predicted octanol–water partition coefficient (Wildman–Crippen LogP) is 2.81. The molecule has 1 aromatic rings. The van der Waals surface area contributed by atoms with Crippen molar-refractivity contribution in [1.29, 1.82) is 0 Å². The Kier molecular flexibility index (Phi) is 4.71. The Balaban J connectivity index is 2.60. The van der Waals surface area contributed by atoms with Crippen LogP contribution in [0, 0.1) is 6.92 Å². The van der Waals surface area contributed by atoms with Crippen molar-refractivity contribution in [2.45, 2.75) is 32.9 Å². The Morgan fingerprint density at radius 2 is 2.44 bits per heavy atom. The van der Waals surface area contributed by atoms with E-state index in [1.807, 2.05) is 13.0 Å². The number of nitrogens with one attached hydrogen (secondary N) is 1. The van der Waals surface area contributed by atoms with Gasteiger partial charge in [0.2, 0.25) is 0 Å². The zero-order valence-corrected chi connectivity index (χ0v) is 10.4. The SMILES string of the molecule is C=CCC(C)NCc1cc(C(=O)O)sc1C. The van der Waals surface area contributed by atoms with Crippen LogP contribution in [0.5, 0.6) is 0 Å². The average molecular weight is 239 g/mol. The van der Waals surface area contributed by atoms with Crippen molar-refractivity contribution in [1.82, 2.24) is 5.32 Å².